The van der Waals surface area contributed by atoms with E-state index in [9.17, 15) is 0 Å². The van der Waals surface area contributed by atoms with Gasteiger partial charge < -0.3 is 4.52 Å². The van der Waals surface area contributed by atoms with E-state index in [2.05, 4.69) is 19.0 Å². The maximum Gasteiger partial charge on any atom is 0.142 e. The second-order valence-corrected chi connectivity index (χ2v) is 3.48. The van der Waals surface area contributed by atoms with Crippen molar-refractivity contribution in [2.75, 3.05) is 0 Å². The van der Waals surface area contributed by atoms with Gasteiger partial charge in [-0.2, -0.15) is 0 Å². The molecule has 0 spiro atoms. The molecule has 1 aliphatic carbocycles. The van der Waals surface area contributed by atoms with Gasteiger partial charge in [-0.25, -0.2) is 0 Å². The fourth-order valence-corrected chi connectivity index (χ4v) is 1.71. The van der Waals surface area contributed by atoms with Gasteiger partial charge in [0.05, 0.1) is 5.69 Å². The van der Waals surface area contributed by atoms with Crippen molar-refractivity contribution in [2.45, 2.75) is 39.0 Å². The molecule has 0 aliphatic heterocycles. The van der Waals surface area contributed by atoms with Crippen molar-refractivity contribution < 1.29 is 4.52 Å². The molecule has 2 nitrogen and oxygen atoms in total. The van der Waals surface area contributed by atoms with Crippen LogP contribution in [0.2, 0.25) is 0 Å². The summed E-state index contributed by atoms with van der Waals surface area (Å²) in [5, 5.41) is 4.04. The lowest BCUT2D eigenvalue weighted by Crippen LogP contribution is -1.88. The van der Waals surface area contributed by atoms with Crippen LogP contribution in [0.3, 0.4) is 0 Å². The maximum atomic E-state index is 5.25. The Kier molecular flexibility index (Phi) is 1.48. The molecule has 0 aromatic carbocycles. The molecule has 0 saturated carbocycles. The third-order valence-corrected chi connectivity index (χ3v) is 2.26. The molecular weight excluding hydrogens is 138 g/mol. The van der Waals surface area contributed by atoms with Gasteiger partial charge in [-0.05, 0) is 19.3 Å². The van der Waals surface area contributed by atoms with Crippen LogP contribution < -0.4 is 0 Å². The smallest absolute Gasteiger partial charge is 0.142 e. The number of hydrogen-bond donors (Lipinski definition) is 0. The van der Waals surface area contributed by atoms with Crippen LogP contribution in [0.1, 0.15) is 43.2 Å². The number of hydrogen-bond acceptors (Lipinski definition) is 2. The van der Waals surface area contributed by atoms with Gasteiger partial charge in [0.1, 0.15) is 5.76 Å². The SMILES string of the molecule is CC(C)c1onc2c1CCC2. The first-order valence-electron chi connectivity index (χ1n) is 4.26. The van der Waals surface area contributed by atoms with Crippen LogP contribution in [0.15, 0.2) is 4.52 Å². The lowest BCUT2D eigenvalue weighted by Gasteiger charge is -1.99. The highest BCUT2D eigenvalue weighted by Crippen LogP contribution is 2.29. The van der Waals surface area contributed by atoms with Gasteiger partial charge in [0.15, 0.2) is 0 Å². The Balaban J connectivity index is 2.42. The number of fused-ring (bicyclic) bond motifs is 1. The second-order valence-electron chi connectivity index (χ2n) is 3.48. The molecule has 0 saturated heterocycles. The Hall–Kier alpha value is -0.790. The first-order chi connectivity index (χ1) is 5.29. The zero-order chi connectivity index (χ0) is 7.84. The van der Waals surface area contributed by atoms with E-state index in [1.165, 1.54) is 24.1 Å². The molecule has 1 heterocycles. The quantitative estimate of drug-likeness (QED) is 0.615. The molecule has 0 atom stereocenters. The van der Waals surface area contributed by atoms with E-state index in [0.717, 1.165) is 12.2 Å². The summed E-state index contributed by atoms with van der Waals surface area (Å²) in [5.74, 6) is 1.60. The molecule has 0 unspecified atom stereocenters. The monoisotopic (exact) mass is 151 g/mol. The van der Waals surface area contributed by atoms with Crippen LogP contribution in [0.4, 0.5) is 0 Å². The summed E-state index contributed by atoms with van der Waals surface area (Å²) in [7, 11) is 0. The third-order valence-electron chi connectivity index (χ3n) is 2.26. The van der Waals surface area contributed by atoms with Crippen molar-refractivity contribution in [1.82, 2.24) is 5.16 Å². The minimum Gasteiger partial charge on any atom is -0.361 e. The Morgan fingerprint density at radius 1 is 1.36 bits per heavy atom. The fourth-order valence-electron chi connectivity index (χ4n) is 1.71. The molecule has 0 radical (unpaired) electrons. The Labute approximate surface area is 66.6 Å². The van der Waals surface area contributed by atoms with Gasteiger partial charge >= 0.3 is 0 Å². The van der Waals surface area contributed by atoms with Crippen LogP contribution in [0, 0.1) is 0 Å². The number of nitrogens with zero attached hydrogens (tertiary/aromatic N) is 1. The predicted molar refractivity (Wildman–Crippen MR) is 42.6 cm³/mol. The second kappa shape index (κ2) is 2.36. The predicted octanol–water partition coefficient (Wildman–Crippen LogP) is 2.29. The van der Waals surface area contributed by atoms with Crippen molar-refractivity contribution in [3.05, 3.63) is 17.0 Å². The summed E-state index contributed by atoms with van der Waals surface area (Å²) in [6.07, 6.45) is 3.55. The molecule has 0 bridgehead atoms. The average Bonchev–Trinajstić information content (AvgIpc) is 2.41. The molecule has 11 heavy (non-hydrogen) atoms. The maximum absolute atomic E-state index is 5.25. The summed E-state index contributed by atoms with van der Waals surface area (Å²) in [6.45, 7) is 4.30. The molecule has 2 heteroatoms. The normalized spacial score (nSPS) is 15.9. The van der Waals surface area contributed by atoms with E-state index in [0.29, 0.717) is 5.92 Å². The van der Waals surface area contributed by atoms with Gasteiger partial charge in [0.25, 0.3) is 0 Å². The largest absolute Gasteiger partial charge is 0.361 e. The van der Waals surface area contributed by atoms with E-state index in [-0.39, 0.29) is 0 Å². The highest BCUT2D eigenvalue weighted by molar-refractivity contribution is 5.28. The lowest BCUT2D eigenvalue weighted by molar-refractivity contribution is 0.361. The molecule has 1 aromatic rings. The van der Waals surface area contributed by atoms with Crippen molar-refractivity contribution in [3.63, 3.8) is 0 Å². The molecule has 60 valence electrons. The average molecular weight is 151 g/mol. The molecule has 2 rings (SSSR count). The lowest BCUT2D eigenvalue weighted by atomic mass is 10.1. The molecule has 0 N–H and O–H groups in total. The Morgan fingerprint density at radius 2 is 2.18 bits per heavy atom. The van der Waals surface area contributed by atoms with Crippen molar-refractivity contribution in [1.29, 1.82) is 0 Å². The summed E-state index contributed by atoms with van der Waals surface area (Å²) >= 11 is 0. The highest BCUT2D eigenvalue weighted by atomic mass is 16.5. The number of aromatic nitrogens is 1. The topological polar surface area (TPSA) is 26.0 Å². The summed E-state index contributed by atoms with van der Waals surface area (Å²) in [6, 6.07) is 0. The minimum absolute atomic E-state index is 0.490. The summed E-state index contributed by atoms with van der Waals surface area (Å²) in [4.78, 5) is 0. The summed E-state index contributed by atoms with van der Waals surface area (Å²) < 4.78 is 5.25. The van der Waals surface area contributed by atoms with Crippen LogP contribution >= 0.6 is 0 Å². The van der Waals surface area contributed by atoms with Crippen LogP contribution in [-0.4, -0.2) is 5.16 Å². The third kappa shape index (κ3) is 0.971. The zero-order valence-corrected chi connectivity index (χ0v) is 7.05. The molecule has 0 amide bonds. The standard InChI is InChI=1S/C9H13NO/c1-6(2)9-7-4-3-5-8(7)10-11-9/h6H,3-5H2,1-2H3. The molecule has 1 aliphatic rings. The number of rotatable bonds is 1. The van der Waals surface area contributed by atoms with Crippen molar-refractivity contribution in [3.8, 4) is 0 Å². The first-order valence-corrected chi connectivity index (χ1v) is 4.26. The van der Waals surface area contributed by atoms with Gasteiger partial charge in [0.2, 0.25) is 0 Å². The van der Waals surface area contributed by atoms with E-state index >= 15 is 0 Å². The summed E-state index contributed by atoms with van der Waals surface area (Å²) in [5.41, 5.74) is 2.59. The highest BCUT2D eigenvalue weighted by Gasteiger charge is 2.22. The Bertz CT molecular complexity index is 263. The van der Waals surface area contributed by atoms with E-state index in [4.69, 9.17) is 4.52 Å². The number of aryl methyl sites for hydroxylation is 1. The Morgan fingerprint density at radius 3 is 2.91 bits per heavy atom. The molecule has 1 aromatic heterocycles. The van der Waals surface area contributed by atoms with Crippen LogP contribution in [-0.2, 0) is 12.8 Å². The van der Waals surface area contributed by atoms with Crippen LogP contribution in [0.25, 0.3) is 0 Å². The van der Waals surface area contributed by atoms with E-state index in [1.807, 2.05) is 0 Å². The fraction of sp³-hybridized carbons (Fsp3) is 0.667. The van der Waals surface area contributed by atoms with Crippen molar-refractivity contribution in [2.24, 2.45) is 0 Å². The zero-order valence-electron chi connectivity index (χ0n) is 7.05. The van der Waals surface area contributed by atoms with E-state index in [1.54, 1.807) is 0 Å². The van der Waals surface area contributed by atoms with E-state index < -0.39 is 0 Å². The van der Waals surface area contributed by atoms with Gasteiger partial charge in [0, 0.05) is 11.5 Å². The van der Waals surface area contributed by atoms with Crippen LogP contribution in [0.5, 0.6) is 0 Å². The van der Waals surface area contributed by atoms with Gasteiger partial charge in [-0.15, -0.1) is 0 Å². The van der Waals surface area contributed by atoms with Gasteiger partial charge in [-0.3, -0.25) is 0 Å². The molecular formula is C9H13NO. The minimum atomic E-state index is 0.490. The first kappa shape index (κ1) is 6.89. The van der Waals surface area contributed by atoms with Gasteiger partial charge in [-0.1, -0.05) is 19.0 Å². The molecule has 0 fully saturated rings. The van der Waals surface area contributed by atoms with Crippen molar-refractivity contribution >= 4 is 0 Å².